The number of H-pyrrole nitrogens is 1. The largest absolute Gasteiger partial charge is 0.380 e. The van der Waals surface area contributed by atoms with Crippen molar-refractivity contribution in [3.8, 4) is 22.6 Å². The third kappa shape index (κ3) is 3.69. The van der Waals surface area contributed by atoms with E-state index < -0.39 is 0 Å². The van der Waals surface area contributed by atoms with Crippen molar-refractivity contribution in [1.29, 1.82) is 0 Å². The molecule has 3 N–H and O–H groups in total. The SMILES string of the molecule is Cc1cccc(-c2n[nH]cc2-c2ccc3ncc(NC4CCCNC4)cc3n2)n1. The zero-order valence-corrected chi connectivity index (χ0v) is 16.3. The maximum atomic E-state index is 4.87. The number of aryl methyl sites for hydroxylation is 1. The summed E-state index contributed by atoms with van der Waals surface area (Å²) in [7, 11) is 0. The monoisotopic (exact) mass is 385 g/mol. The van der Waals surface area contributed by atoms with E-state index in [1.54, 1.807) is 0 Å². The molecule has 0 aliphatic carbocycles. The second kappa shape index (κ2) is 7.60. The van der Waals surface area contributed by atoms with Gasteiger partial charge in [-0.15, -0.1) is 0 Å². The zero-order valence-electron chi connectivity index (χ0n) is 16.3. The summed E-state index contributed by atoms with van der Waals surface area (Å²) in [5.74, 6) is 0. The van der Waals surface area contributed by atoms with Gasteiger partial charge >= 0.3 is 0 Å². The minimum absolute atomic E-state index is 0.430. The summed E-state index contributed by atoms with van der Waals surface area (Å²) in [5, 5.41) is 14.4. The van der Waals surface area contributed by atoms with Crippen molar-refractivity contribution in [2.75, 3.05) is 18.4 Å². The van der Waals surface area contributed by atoms with E-state index in [9.17, 15) is 0 Å². The standard InChI is InChI=1S/C22H23N7/c1-14-4-2-6-20(26-14)22-17(13-25-29-22)18-7-8-19-21(28-18)10-16(12-24-19)27-15-5-3-9-23-11-15/h2,4,6-8,10,12-13,15,23,27H,3,5,9,11H2,1H3,(H,25,29). The summed E-state index contributed by atoms with van der Waals surface area (Å²) in [6.45, 7) is 4.06. The molecule has 0 saturated carbocycles. The Hall–Kier alpha value is -3.32. The fourth-order valence-corrected chi connectivity index (χ4v) is 3.80. The lowest BCUT2D eigenvalue weighted by molar-refractivity contribution is 0.480. The van der Waals surface area contributed by atoms with Crippen LogP contribution in [-0.4, -0.2) is 44.3 Å². The Balaban J connectivity index is 1.49. The van der Waals surface area contributed by atoms with Crippen molar-refractivity contribution < 1.29 is 0 Å². The van der Waals surface area contributed by atoms with Gasteiger partial charge in [0.1, 0.15) is 5.69 Å². The smallest absolute Gasteiger partial charge is 0.120 e. The maximum Gasteiger partial charge on any atom is 0.120 e. The van der Waals surface area contributed by atoms with E-state index in [2.05, 4.69) is 36.9 Å². The minimum atomic E-state index is 0.430. The molecule has 0 radical (unpaired) electrons. The molecule has 0 aromatic carbocycles. The Morgan fingerprint density at radius 1 is 1.07 bits per heavy atom. The molecule has 1 unspecified atom stereocenters. The van der Waals surface area contributed by atoms with E-state index in [0.717, 1.165) is 58.1 Å². The average molecular weight is 385 g/mol. The maximum absolute atomic E-state index is 4.87. The van der Waals surface area contributed by atoms with Crippen LogP contribution in [0.4, 0.5) is 5.69 Å². The lowest BCUT2D eigenvalue weighted by atomic mass is 10.1. The van der Waals surface area contributed by atoms with Crippen LogP contribution in [0.1, 0.15) is 18.5 Å². The molecular formula is C22H23N7. The molecule has 1 saturated heterocycles. The van der Waals surface area contributed by atoms with Gasteiger partial charge in [-0.2, -0.15) is 5.10 Å². The van der Waals surface area contributed by atoms with Crippen molar-refractivity contribution in [2.45, 2.75) is 25.8 Å². The summed E-state index contributed by atoms with van der Waals surface area (Å²) in [6, 6.07) is 12.4. The van der Waals surface area contributed by atoms with Crippen LogP contribution in [0.5, 0.6) is 0 Å². The summed E-state index contributed by atoms with van der Waals surface area (Å²) < 4.78 is 0. The second-order valence-electron chi connectivity index (χ2n) is 7.46. The van der Waals surface area contributed by atoms with Crippen LogP contribution in [-0.2, 0) is 0 Å². The predicted octanol–water partition coefficient (Wildman–Crippen LogP) is 3.55. The number of pyridine rings is 3. The van der Waals surface area contributed by atoms with Crippen LogP contribution in [0, 0.1) is 6.92 Å². The third-order valence-electron chi connectivity index (χ3n) is 5.25. The fourth-order valence-electron chi connectivity index (χ4n) is 3.80. The Morgan fingerprint density at radius 3 is 2.90 bits per heavy atom. The van der Waals surface area contributed by atoms with Crippen LogP contribution in [0.15, 0.2) is 48.8 Å². The highest BCUT2D eigenvalue weighted by atomic mass is 15.1. The highest BCUT2D eigenvalue weighted by Crippen LogP contribution is 2.29. The summed E-state index contributed by atoms with van der Waals surface area (Å²) in [4.78, 5) is 14.1. The van der Waals surface area contributed by atoms with E-state index in [-0.39, 0.29) is 0 Å². The van der Waals surface area contributed by atoms with Crippen LogP contribution in [0.3, 0.4) is 0 Å². The number of nitrogens with zero attached hydrogens (tertiary/aromatic N) is 4. The number of aromatic amines is 1. The van der Waals surface area contributed by atoms with Gasteiger partial charge in [-0.1, -0.05) is 6.07 Å². The molecule has 0 spiro atoms. The third-order valence-corrected chi connectivity index (χ3v) is 5.25. The van der Waals surface area contributed by atoms with Gasteiger partial charge in [0, 0.05) is 30.0 Å². The van der Waals surface area contributed by atoms with Gasteiger partial charge in [0.2, 0.25) is 0 Å². The molecule has 146 valence electrons. The first kappa shape index (κ1) is 17.8. The Bertz CT molecular complexity index is 1140. The minimum Gasteiger partial charge on any atom is -0.380 e. The van der Waals surface area contributed by atoms with Gasteiger partial charge in [0.15, 0.2) is 0 Å². The molecule has 5 rings (SSSR count). The number of hydrogen-bond donors (Lipinski definition) is 3. The summed E-state index contributed by atoms with van der Waals surface area (Å²) in [5.41, 5.74) is 7.12. The first-order valence-electron chi connectivity index (χ1n) is 9.98. The highest BCUT2D eigenvalue weighted by molar-refractivity contribution is 5.84. The summed E-state index contributed by atoms with van der Waals surface area (Å²) >= 11 is 0. The molecule has 5 heterocycles. The van der Waals surface area contributed by atoms with Crippen molar-refractivity contribution >= 4 is 16.7 Å². The second-order valence-corrected chi connectivity index (χ2v) is 7.46. The Kier molecular flexibility index (Phi) is 4.65. The highest BCUT2D eigenvalue weighted by Gasteiger charge is 2.15. The first-order chi connectivity index (χ1) is 14.3. The van der Waals surface area contributed by atoms with Gasteiger partial charge in [0.05, 0.1) is 34.3 Å². The van der Waals surface area contributed by atoms with Crippen LogP contribution in [0.25, 0.3) is 33.7 Å². The molecule has 0 amide bonds. The summed E-state index contributed by atoms with van der Waals surface area (Å²) in [6.07, 6.45) is 6.12. The lowest BCUT2D eigenvalue weighted by Gasteiger charge is -2.24. The van der Waals surface area contributed by atoms with Gasteiger partial charge < -0.3 is 10.6 Å². The van der Waals surface area contributed by atoms with E-state index in [1.165, 1.54) is 12.8 Å². The van der Waals surface area contributed by atoms with E-state index >= 15 is 0 Å². The normalized spacial score (nSPS) is 16.8. The topological polar surface area (TPSA) is 91.4 Å². The van der Waals surface area contributed by atoms with Crippen LogP contribution in [0.2, 0.25) is 0 Å². The van der Waals surface area contributed by atoms with Gasteiger partial charge in [-0.3, -0.25) is 15.1 Å². The van der Waals surface area contributed by atoms with Crippen LogP contribution < -0.4 is 10.6 Å². The number of nitrogens with one attached hydrogen (secondary N) is 3. The Morgan fingerprint density at radius 2 is 2.03 bits per heavy atom. The molecule has 1 atom stereocenters. The number of rotatable bonds is 4. The zero-order chi connectivity index (χ0) is 19.6. The molecule has 1 aliphatic rings. The van der Waals surface area contributed by atoms with Crippen molar-refractivity contribution in [2.24, 2.45) is 0 Å². The van der Waals surface area contributed by atoms with Crippen molar-refractivity contribution in [3.05, 3.63) is 54.5 Å². The Labute approximate surface area is 169 Å². The molecule has 0 bridgehead atoms. The predicted molar refractivity (Wildman–Crippen MR) is 115 cm³/mol. The van der Waals surface area contributed by atoms with Crippen LogP contribution >= 0.6 is 0 Å². The molecule has 4 aromatic rings. The van der Waals surface area contributed by atoms with Crippen molar-refractivity contribution in [3.63, 3.8) is 0 Å². The molecule has 7 heteroatoms. The number of aromatic nitrogens is 5. The molecule has 7 nitrogen and oxygen atoms in total. The quantitative estimate of drug-likeness (QED) is 0.498. The van der Waals surface area contributed by atoms with Gasteiger partial charge in [-0.05, 0) is 56.6 Å². The number of fused-ring (bicyclic) bond motifs is 1. The van der Waals surface area contributed by atoms with Crippen molar-refractivity contribution in [1.82, 2.24) is 30.5 Å². The number of piperidine rings is 1. The molecule has 4 aromatic heterocycles. The lowest BCUT2D eigenvalue weighted by Crippen LogP contribution is -2.38. The van der Waals surface area contributed by atoms with E-state index in [1.807, 2.05) is 49.6 Å². The molecule has 1 fully saturated rings. The van der Waals surface area contributed by atoms with Gasteiger partial charge in [-0.25, -0.2) is 4.98 Å². The molecule has 1 aliphatic heterocycles. The van der Waals surface area contributed by atoms with Gasteiger partial charge in [0.25, 0.3) is 0 Å². The number of anilines is 1. The fraction of sp³-hybridized carbons (Fsp3) is 0.273. The van der Waals surface area contributed by atoms with E-state index in [4.69, 9.17) is 4.98 Å². The first-order valence-corrected chi connectivity index (χ1v) is 9.98. The van der Waals surface area contributed by atoms with E-state index in [0.29, 0.717) is 6.04 Å². The molecular weight excluding hydrogens is 362 g/mol. The number of hydrogen-bond acceptors (Lipinski definition) is 6. The molecule has 29 heavy (non-hydrogen) atoms. The average Bonchev–Trinajstić information content (AvgIpc) is 3.24.